The van der Waals surface area contributed by atoms with Crippen molar-refractivity contribution in [3.63, 3.8) is 0 Å². The summed E-state index contributed by atoms with van der Waals surface area (Å²) in [5.74, 6) is -0.486. The summed E-state index contributed by atoms with van der Waals surface area (Å²) < 4.78 is 17.4. The van der Waals surface area contributed by atoms with E-state index < -0.39 is 6.10 Å². The Hall–Kier alpha value is -2.66. The second kappa shape index (κ2) is 56.7. The van der Waals surface area contributed by atoms with Crippen molar-refractivity contribution in [2.24, 2.45) is 0 Å². The molecule has 66 heavy (non-hydrogen) atoms. The zero-order valence-corrected chi connectivity index (χ0v) is 44.0. The fourth-order valence-electron chi connectivity index (χ4n) is 8.03. The molecule has 0 rings (SSSR count). The molecule has 5 nitrogen and oxygen atoms in total. The molecule has 0 spiro atoms. The maximum Gasteiger partial charge on any atom is 0.306 e. The predicted octanol–water partition coefficient (Wildman–Crippen LogP) is 19.5. The third-order valence-electron chi connectivity index (χ3n) is 12.2. The number of ether oxygens (including phenoxy) is 3. The van der Waals surface area contributed by atoms with Crippen molar-refractivity contribution in [3.05, 3.63) is 72.9 Å². The lowest BCUT2D eigenvalue weighted by Gasteiger charge is -2.18. The first-order valence-electron chi connectivity index (χ1n) is 28.5. The molecular formula is C61H108O5. The van der Waals surface area contributed by atoms with Crippen LogP contribution in [0.4, 0.5) is 0 Å². The molecule has 1 unspecified atom stereocenters. The lowest BCUT2D eigenvalue weighted by atomic mass is 10.0. The summed E-state index contributed by atoms with van der Waals surface area (Å²) in [4.78, 5) is 25.4. The van der Waals surface area contributed by atoms with E-state index in [-0.39, 0.29) is 25.2 Å². The van der Waals surface area contributed by atoms with Gasteiger partial charge in [-0.2, -0.15) is 0 Å². The Labute approximate surface area is 410 Å². The Morgan fingerprint density at radius 1 is 0.348 bits per heavy atom. The van der Waals surface area contributed by atoms with Crippen molar-refractivity contribution in [1.82, 2.24) is 0 Å². The maximum absolute atomic E-state index is 12.8. The summed E-state index contributed by atoms with van der Waals surface area (Å²) in [6.45, 7) is 7.65. The monoisotopic (exact) mass is 921 g/mol. The average Bonchev–Trinajstić information content (AvgIpc) is 3.32. The Morgan fingerprint density at radius 2 is 0.712 bits per heavy atom. The number of allylic oxidation sites excluding steroid dienone is 12. The van der Waals surface area contributed by atoms with Gasteiger partial charge in [0.1, 0.15) is 6.61 Å². The summed E-state index contributed by atoms with van der Waals surface area (Å²) in [6, 6.07) is 0. The minimum atomic E-state index is -0.576. The molecular weight excluding hydrogens is 813 g/mol. The van der Waals surface area contributed by atoms with E-state index in [9.17, 15) is 9.59 Å². The van der Waals surface area contributed by atoms with Gasteiger partial charge in [0.05, 0.1) is 6.61 Å². The van der Waals surface area contributed by atoms with Crippen LogP contribution >= 0.6 is 0 Å². The van der Waals surface area contributed by atoms with Crippen molar-refractivity contribution in [1.29, 1.82) is 0 Å². The van der Waals surface area contributed by atoms with E-state index in [1.807, 2.05) is 6.08 Å². The number of carbonyl (C=O) groups excluding carboxylic acids is 2. The van der Waals surface area contributed by atoms with Gasteiger partial charge in [0.2, 0.25) is 0 Å². The normalized spacial score (nSPS) is 12.7. The molecule has 0 aliphatic heterocycles. The largest absolute Gasteiger partial charge is 0.462 e. The fourth-order valence-corrected chi connectivity index (χ4v) is 8.03. The molecule has 1 atom stereocenters. The molecule has 0 N–H and O–H groups in total. The Bertz CT molecular complexity index is 1180. The number of unbranched alkanes of at least 4 members (excludes halogenated alkanes) is 29. The van der Waals surface area contributed by atoms with E-state index in [1.165, 1.54) is 173 Å². The van der Waals surface area contributed by atoms with Crippen LogP contribution in [0.2, 0.25) is 0 Å². The molecule has 0 aromatic heterocycles. The Morgan fingerprint density at radius 3 is 1.18 bits per heavy atom. The highest BCUT2D eigenvalue weighted by Gasteiger charge is 2.17. The quantitative estimate of drug-likeness (QED) is 0.0346. The second-order valence-electron chi connectivity index (χ2n) is 18.8. The standard InChI is InChI=1S/C61H108O5/c1-4-7-10-13-16-19-22-25-27-29-31-32-34-37-39-42-45-48-51-54-60(62)65-58-59(66-61(63)55-52-49-46-43-40-36-24-21-18-15-12-9-6-3)57-64-56-53-50-47-44-41-38-35-33-30-28-26-23-20-17-14-11-8-5-2/h9,12,16,18-19,21,25,27,36,40,46,49,59H,4-8,10-11,13-15,17,20,22-24,26,28-35,37-39,41-45,47-48,50-58H2,1-3H3/b12-9-,19-16-,21-18-,27-25-,40-36-,49-46-. The number of esters is 2. The molecule has 0 saturated heterocycles. The molecule has 0 heterocycles. The highest BCUT2D eigenvalue weighted by molar-refractivity contribution is 5.70. The number of hydrogen-bond acceptors (Lipinski definition) is 5. The zero-order valence-electron chi connectivity index (χ0n) is 44.0. The van der Waals surface area contributed by atoms with Crippen molar-refractivity contribution < 1.29 is 23.8 Å². The first-order chi connectivity index (χ1) is 32.6. The van der Waals surface area contributed by atoms with Gasteiger partial charge in [-0.25, -0.2) is 0 Å². The van der Waals surface area contributed by atoms with Crippen LogP contribution in [-0.4, -0.2) is 37.9 Å². The van der Waals surface area contributed by atoms with Crippen molar-refractivity contribution >= 4 is 11.9 Å². The SMILES string of the molecule is CC/C=C\C/C=C\C/C=C\C/C=C\CCC(=O)OC(COCCCCCCCCCCCCCCCCCCCC)COC(=O)CCCCCCCCCCC/C=C\C/C=C\CCCCC. The molecule has 0 aliphatic carbocycles. The van der Waals surface area contributed by atoms with E-state index in [4.69, 9.17) is 14.2 Å². The first kappa shape index (κ1) is 63.3. The number of carbonyl (C=O) groups is 2. The van der Waals surface area contributed by atoms with Crippen LogP contribution in [-0.2, 0) is 23.8 Å². The van der Waals surface area contributed by atoms with Gasteiger partial charge >= 0.3 is 11.9 Å². The molecule has 0 amide bonds. The average molecular weight is 922 g/mol. The van der Waals surface area contributed by atoms with Gasteiger partial charge in [0.15, 0.2) is 6.10 Å². The third kappa shape index (κ3) is 54.0. The molecule has 0 bridgehead atoms. The molecule has 0 aromatic carbocycles. The van der Waals surface area contributed by atoms with Crippen LogP contribution in [0, 0.1) is 0 Å². The van der Waals surface area contributed by atoms with E-state index in [0.717, 1.165) is 64.2 Å². The Kier molecular flexibility index (Phi) is 54.4. The Balaban J connectivity index is 4.28. The predicted molar refractivity (Wildman–Crippen MR) is 288 cm³/mol. The van der Waals surface area contributed by atoms with Crippen LogP contribution in [0.15, 0.2) is 72.9 Å². The van der Waals surface area contributed by atoms with Crippen LogP contribution in [0.1, 0.15) is 278 Å². The van der Waals surface area contributed by atoms with Gasteiger partial charge in [-0.1, -0.05) is 261 Å². The van der Waals surface area contributed by atoms with Gasteiger partial charge in [-0.15, -0.1) is 0 Å². The lowest BCUT2D eigenvalue weighted by Crippen LogP contribution is -2.30. The summed E-state index contributed by atoms with van der Waals surface area (Å²) >= 11 is 0. The van der Waals surface area contributed by atoms with E-state index in [1.54, 1.807) is 0 Å². The fraction of sp³-hybridized carbons (Fsp3) is 0.770. The highest BCUT2D eigenvalue weighted by Crippen LogP contribution is 2.16. The van der Waals surface area contributed by atoms with Crippen LogP contribution < -0.4 is 0 Å². The number of hydrogen-bond donors (Lipinski definition) is 0. The van der Waals surface area contributed by atoms with E-state index >= 15 is 0 Å². The van der Waals surface area contributed by atoms with Crippen molar-refractivity contribution in [2.45, 2.75) is 284 Å². The van der Waals surface area contributed by atoms with Gasteiger partial charge in [-0.05, 0) is 77.0 Å². The molecule has 0 aliphatic rings. The molecule has 382 valence electrons. The van der Waals surface area contributed by atoms with Gasteiger partial charge in [-0.3, -0.25) is 9.59 Å². The van der Waals surface area contributed by atoms with Crippen LogP contribution in [0.3, 0.4) is 0 Å². The van der Waals surface area contributed by atoms with Crippen LogP contribution in [0.25, 0.3) is 0 Å². The highest BCUT2D eigenvalue weighted by atomic mass is 16.6. The molecule has 0 radical (unpaired) electrons. The molecule has 5 heteroatoms. The van der Waals surface area contributed by atoms with E-state index in [2.05, 4.69) is 87.6 Å². The van der Waals surface area contributed by atoms with Gasteiger partial charge in [0.25, 0.3) is 0 Å². The van der Waals surface area contributed by atoms with Crippen LogP contribution in [0.5, 0.6) is 0 Å². The van der Waals surface area contributed by atoms with Gasteiger partial charge < -0.3 is 14.2 Å². The topological polar surface area (TPSA) is 61.8 Å². The summed E-state index contributed by atoms with van der Waals surface area (Å²) in [7, 11) is 0. The smallest absolute Gasteiger partial charge is 0.306 e. The number of rotatable bonds is 52. The maximum atomic E-state index is 12.8. The van der Waals surface area contributed by atoms with E-state index in [0.29, 0.717) is 25.9 Å². The summed E-state index contributed by atoms with van der Waals surface area (Å²) in [5, 5.41) is 0. The molecule has 0 saturated carbocycles. The van der Waals surface area contributed by atoms with Crippen molar-refractivity contribution in [3.8, 4) is 0 Å². The second-order valence-corrected chi connectivity index (χ2v) is 18.8. The zero-order chi connectivity index (χ0) is 47.7. The van der Waals surface area contributed by atoms with Crippen molar-refractivity contribution in [2.75, 3.05) is 19.8 Å². The molecule has 0 aromatic rings. The summed E-state index contributed by atoms with van der Waals surface area (Å²) in [6.07, 6.45) is 73.7. The van der Waals surface area contributed by atoms with Gasteiger partial charge in [0, 0.05) is 19.4 Å². The summed E-state index contributed by atoms with van der Waals surface area (Å²) in [5.41, 5.74) is 0. The first-order valence-corrected chi connectivity index (χ1v) is 28.5. The minimum absolute atomic E-state index is 0.0552. The molecule has 0 fully saturated rings. The third-order valence-corrected chi connectivity index (χ3v) is 12.2. The lowest BCUT2D eigenvalue weighted by molar-refractivity contribution is -0.162. The minimum Gasteiger partial charge on any atom is -0.462 e.